The summed E-state index contributed by atoms with van der Waals surface area (Å²) in [5.74, 6) is 0.885. The van der Waals surface area contributed by atoms with Gasteiger partial charge in [-0.05, 0) is 19.8 Å². The maximum Gasteiger partial charge on any atom is 0.156 e. The largest absolute Gasteiger partial charge is 0.381 e. The Morgan fingerprint density at radius 2 is 1.89 bits per heavy atom. The van der Waals surface area contributed by atoms with Crippen LogP contribution >= 0.6 is 0 Å². The molecule has 1 aromatic heterocycles. The van der Waals surface area contributed by atoms with E-state index in [4.69, 9.17) is 4.74 Å². The molecule has 1 aliphatic carbocycles. The molecule has 0 saturated heterocycles. The van der Waals surface area contributed by atoms with Gasteiger partial charge in [0.2, 0.25) is 0 Å². The molecule has 0 radical (unpaired) electrons. The van der Waals surface area contributed by atoms with E-state index in [0.717, 1.165) is 35.1 Å². The van der Waals surface area contributed by atoms with Gasteiger partial charge in [0.05, 0.1) is 11.8 Å². The highest BCUT2D eigenvalue weighted by atomic mass is 16.5. The molecule has 3 rings (SSSR count). The zero-order valence-electron chi connectivity index (χ0n) is 10.7. The zero-order chi connectivity index (χ0) is 12.5. The number of hydrogen-bond acceptors (Lipinski definition) is 4. The van der Waals surface area contributed by atoms with Gasteiger partial charge in [-0.15, -0.1) is 5.10 Å². The van der Waals surface area contributed by atoms with Crippen LogP contribution in [0, 0.1) is 6.92 Å². The van der Waals surface area contributed by atoms with Crippen LogP contribution in [0.25, 0.3) is 10.8 Å². The quantitative estimate of drug-likeness (QED) is 0.899. The highest BCUT2D eigenvalue weighted by Gasteiger charge is 2.29. The van der Waals surface area contributed by atoms with Crippen molar-refractivity contribution in [3.8, 4) is 0 Å². The van der Waals surface area contributed by atoms with E-state index in [2.05, 4.69) is 27.6 Å². The van der Waals surface area contributed by atoms with E-state index in [9.17, 15) is 0 Å². The van der Waals surface area contributed by atoms with Crippen LogP contribution in [0.2, 0.25) is 0 Å². The number of nitrogens with zero attached hydrogens (tertiary/aromatic N) is 2. The van der Waals surface area contributed by atoms with Crippen molar-refractivity contribution in [2.24, 2.45) is 0 Å². The van der Waals surface area contributed by atoms with Gasteiger partial charge in [0.15, 0.2) is 5.82 Å². The van der Waals surface area contributed by atoms with E-state index in [-0.39, 0.29) is 0 Å². The summed E-state index contributed by atoms with van der Waals surface area (Å²) >= 11 is 0. The molecule has 0 bridgehead atoms. The lowest BCUT2D eigenvalue weighted by Gasteiger charge is -2.35. The van der Waals surface area contributed by atoms with Gasteiger partial charge in [-0.25, -0.2) is 0 Å². The molecule has 1 heterocycles. The summed E-state index contributed by atoms with van der Waals surface area (Å²) in [7, 11) is 1.77. The summed E-state index contributed by atoms with van der Waals surface area (Å²) in [6.07, 6.45) is 2.48. The number of benzene rings is 1. The van der Waals surface area contributed by atoms with E-state index in [1.165, 1.54) is 0 Å². The average Bonchev–Trinajstić information content (AvgIpc) is 2.36. The van der Waals surface area contributed by atoms with Gasteiger partial charge in [-0.2, -0.15) is 5.10 Å². The highest BCUT2D eigenvalue weighted by Crippen LogP contribution is 2.29. The van der Waals surface area contributed by atoms with Gasteiger partial charge >= 0.3 is 0 Å². The van der Waals surface area contributed by atoms with Gasteiger partial charge < -0.3 is 10.1 Å². The lowest BCUT2D eigenvalue weighted by Crippen LogP contribution is -2.40. The van der Waals surface area contributed by atoms with Crippen LogP contribution in [0.3, 0.4) is 0 Å². The SMILES string of the molecule is COC1CC(Nc2nnc(C)c3ccccc23)C1. The van der Waals surface area contributed by atoms with Crippen LogP contribution in [0.5, 0.6) is 0 Å². The van der Waals surface area contributed by atoms with Crippen LogP contribution < -0.4 is 5.32 Å². The predicted molar refractivity (Wildman–Crippen MR) is 71.7 cm³/mol. The summed E-state index contributed by atoms with van der Waals surface area (Å²) in [5.41, 5.74) is 0.972. The van der Waals surface area contributed by atoms with Crippen LogP contribution in [0.15, 0.2) is 24.3 Å². The molecule has 0 aliphatic heterocycles. The van der Waals surface area contributed by atoms with Crippen LogP contribution in [-0.4, -0.2) is 29.5 Å². The molecule has 1 aromatic carbocycles. The molecule has 1 aliphatic rings. The van der Waals surface area contributed by atoms with Gasteiger partial charge in [0.1, 0.15) is 0 Å². The second-order valence-corrected chi connectivity index (χ2v) is 4.85. The van der Waals surface area contributed by atoms with Gasteiger partial charge in [0, 0.05) is 23.9 Å². The van der Waals surface area contributed by atoms with E-state index in [1.807, 2.05) is 19.1 Å². The Balaban J connectivity index is 1.87. The summed E-state index contributed by atoms with van der Waals surface area (Å²) in [6, 6.07) is 8.70. The van der Waals surface area contributed by atoms with Crippen molar-refractivity contribution in [3.63, 3.8) is 0 Å². The Morgan fingerprint density at radius 1 is 1.17 bits per heavy atom. The summed E-state index contributed by atoms with van der Waals surface area (Å²) in [5, 5.41) is 14.3. The van der Waals surface area contributed by atoms with Crippen molar-refractivity contribution in [2.45, 2.75) is 31.9 Å². The standard InChI is InChI=1S/C14H17N3O/c1-9-12-5-3-4-6-13(12)14(17-16-9)15-10-7-11(8-10)18-2/h3-6,10-11H,7-8H2,1-2H3,(H,15,17). The van der Waals surface area contributed by atoms with E-state index in [0.29, 0.717) is 12.1 Å². The fraction of sp³-hybridized carbons (Fsp3) is 0.429. The predicted octanol–water partition coefficient (Wildman–Crippen LogP) is 2.53. The molecule has 18 heavy (non-hydrogen) atoms. The van der Waals surface area contributed by atoms with Crippen LogP contribution in [0.4, 0.5) is 5.82 Å². The minimum Gasteiger partial charge on any atom is -0.381 e. The van der Waals surface area contributed by atoms with Crippen LogP contribution in [-0.2, 0) is 4.74 Å². The normalized spacial score (nSPS) is 22.8. The third-order valence-corrected chi connectivity index (χ3v) is 3.64. The first-order valence-corrected chi connectivity index (χ1v) is 6.29. The summed E-state index contributed by atoms with van der Waals surface area (Å²) in [4.78, 5) is 0. The Bertz CT molecular complexity index is 564. The minimum atomic E-state index is 0.396. The Morgan fingerprint density at radius 3 is 2.61 bits per heavy atom. The molecular formula is C14H17N3O. The lowest BCUT2D eigenvalue weighted by molar-refractivity contribution is 0.0328. The lowest BCUT2D eigenvalue weighted by atomic mass is 9.89. The molecule has 0 spiro atoms. The topological polar surface area (TPSA) is 47.0 Å². The number of hydrogen-bond donors (Lipinski definition) is 1. The molecule has 0 amide bonds. The number of rotatable bonds is 3. The van der Waals surface area contributed by atoms with Crippen molar-refractivity contribution in [3.05, 3.63) is 30.0 Å². The maximum absolute atomic E-state index is 5.28. The first-order chi connectivity index (χ1) is 8.78. The van der Waals surface area contributed by atoms with Crippen molar-refractivity contribution >= 4 is 16.6 Å². The first kappa shape index (κ1) is 11.4. The molecule has 94 valence electrons. The Labute approximate surface area is 106 Å². The van der Waals surface area contributed by atoms with Crippen molar-refractivity contribution in [1.82, 2.24) is 10.2 Å². The second kappa shape index (κ2) is 4.53. The summed E-state index contributed by atoms with van der Waals surface area (Å²) in [6.45, 7) is 1.99. The van der Waals surface area contributed by atoms with Crippen LogP contribution in [0.1, 0.15) is 18.5 Å². The second-order valence-electron chi connectivity index (χ2n) is 4.85. The monoisotopic (exact) mass is 243 g/mol. The molecule has 1 N–H and O–H groups in total. The van der Waals surface area contributed by atoms with Crippen molar-refractivity contribution in [2.75, 3.05) is 12.4 Å². The smallest absolute Gasteiger partial charge is 0.156 e. The van der Waals surface area contributed by atoms with Gasteiger partial charge in [-0.3, -0.25) is 0 Å². The number of methoxy groups -OCH3 is 1. The number of anilines is 1. The average molecular weight is 243 g/mol. The number of aromatic nitrogens is 2. The number of ether oxygens (including phenoxy) is 1. The first-order valence-electron chi connectivity index (χ1n) is 6.29. The highest BCUT2D eigenvalue weighted by molar-refractivity contribution is 5.92. The Hall–Kier alpha value is -1.68. The molecule has 4 heteroatoms. The molecular weight excluding hydrogens is 226 g/mol. The van der Waals surface area contributed by atoms with Gasteiger partial charge in [-0.1, -0.05) is 24.3 Å². The molecule has 1 fully saturated rings. The zero-order valence-corrected chi connectivity index (χ0v) is 10.7. The molecule has 0 unspecified atom stereocenters. The van der Waals surface area contributed by atoms with E-state index < -0.39 is 0 Å². The molecule has 2 aromatic rings. The van der Waals surface area contributed by atoms with E-state index >= 15 is 0 Å². The van der Waals surface area contributed by atoms with E-state index in [1.54, 1.807) is 7.11 Å². The molecule has 1 saturated carbocycles. The van der Waals surface area contributed by atoms with Gasteiger partial charge in [0.25, 0.3) is 0 Å². The minimum absolute atomic E-state index is 0.396. The third-order valence-electron chi connectivity index (χ3n) is 3.64. The fourth-order valence-electron chi connectivity index (χ4n) is 2.41. The van der Waals surface area contributed by atoms with Crippen molar-refractivity contribution < 1.29 is 4.74 Å². The number of nitrogens with one attached hydrogen (secondary N) is 1. The molecule has 4 nitrogen and oxygen atoms in total. The fourth-order valence-corrected chi connectivity index (χ4v) is 2.41. The molecule has 0 atom stereocenters. The Kier molecular flexibility index (Phi) is 2.88. The number of aryl methyl sites for hydroxylation is 1. The summed E-state index contributed by atoms with van der Waals surface area (Å²) < 4.78 is 5.28. The maximum atomic E-state index is 5.28. The third kappa shape index (κ3) is 1.93. The number of fused-ring (bicyclic) bond motifs is 1. The van der Waals surface area contributed by atoms with Crippen molar-refractivity contribution in [1.29, 1.82) is 0 Å².